The van der Waals surface area contributed by atoms with Crippen molar-refractivity contribution in [2.24, 2.45) is 11.8 Å². The molecular formula is C33H48FN7O4. The highest BCUT2D eigenvalue weighted by atomic mass is 19.1. The fraction of sp³-hybridized carbons (Fsp3) is 0.606. The summed E-state index contributed by atoms with van der Waals surface area (Å²) < 4.78 is 17.2. The molecule has 1 aliphatic carbocycles. The van der Waals surface area contributed by atoms with Crippen molar-refractivity contribution in [2.45, 2.75) is 84.3 Å². The van der Waals surface area contributed by atoms with E-state index in [0.717, 1.165) is 38.8 Å². The molecule has 1 aliphatic heterocycles. The zero-order chi connectivity index (χ0) is 32.7. The number of aromatic nitrogens is 2. The number of hydrogen-bond acceptors (Lipinski definition) is 6. The number of likely N-dealkylation sites (N-methyl/N-ethyl adjacent to an activating group) is 1. The van der Waals surface area contributed by atoms with Crippen molar-refractivity contribution in [3.8, 4) is 0 Å². The third kappa shape index (κ3) is 8.47. The fourth-order valence-electron chi connectivity index (χ4n) is 6.23. The molecular weight excluding hydrogens is 577 g/mol. The van der Waals surface area contributed by atoms with Crippen LogP contribution in [0.25, 0.3) is 0 Å². The van der Waals surface area contributed by atoms with Crippen molar-refractivity contribution in [1.82, 2.24) is 30.2 Å². The quantitative estimate of drug-likeness (QED) is 0.351. The van der Waals surface area contributed by atoms with Crippen LogP contribution in [0.1, 0.15) is 81.8 Å². The second-order valence-electron chi connectivity index (χ2n) is 12.5. The predicted octanol–water partition coefficient (Wildman–Crippen LogP) is 3.38. The number of anilines is 1. The van der Waals surface area contributed by atoms with Gasteiger partial charge < -0.3 is 25.8 Å². The van der Waals surface area contributed by atoms with Gasteiger partial charge in [0.15, 0.2) is 0 Å². The van der Waals surface area contributed by atoms with E-state index < -0.39 is 35.6 Å². The molecule has 2 heterocycles. The van der Waals surface area contributed by atoms with Gasteiger partial charge in [0, 0.05) is 51.3 Å². The average molecular weight is 626 g/mol. The van der Waals surface area contributed by atoms with E-state index in [-0.39, 0.29) is 29.8 Å². The van der Waals surface area contributed by atoms with Crippen LogP contribution in [0, 0.1) is 17.7 Å². The van der Waals surface area contributed by atoms with Gasteiger partial charge in [0.2, 0.25) is 17.7 Å². The Morgan fingerprint density at radius 2 is 1.69 bits per heavy atom. The van der Waals surface area contributed by atoms with Gasteiger partial charge in [-0.2, -0.15) is 5.10 Å². The van der Waals surface area contributed by atoms with E-state index in [1.54, 1.807) is 41.8 Å². The standard InChI is InChI=1S/C33H48FN7O4/c1-6-28(42)37-29(33(45)40-18-16-39(5)17-19-40)22(4)24-12-13-26(25(34)20-24)36-32(44)30(23-10-8-21(3)9-11-23)38-31(43)27-14-15-35-41(27)7-2/h12-15,20-23,29-30H,6-11,16-19H2,1-5H3,(H,36,44)(H,37,42)(H,38,43). The summed E-state index contributed by atoms with van der Waals surface area (Å²) in [6, 6.07) is 4.36. The van der Waals surface area contributed by atoms with Gasteiger partial charge in [0.05, 0.1) is 5.69 Å². The molecule has 4 rings (SSSR count). The Morgan fingerprint density at radius 1 is 1.00 bits per heavy atom. The maximum Gasteiger partial charge on any atom is 0.270 e. The smallest absolute Gasteiger partial charge is 0.270 e. The fourth-order valence-corrected chi connectivity index (χ4v) is 6.23. The number of carbonyl (C=O) groups is 4. The number of aryl methyl sites for hydroxylation is 1. The summed E-state index contributed by atoms with van der Waals surface area (Å²) in [5.41, 5.74) is 0.866. The molecule has 11 nitrogen and oxygen atoms in total. The molecule has 1 saturated carbocycles. The van der Waals surface area contributed by atoms with Gasteiger partial charge in [-0.25, -0.2) is 4.39 Å². The van der Waals surface area contributed by atoms with Crippen LogP contribution < -0.4 is 16.0 Å². The summed E-state index contributed by atoms with van der Waals surface area (Å²) >= 11 is 0. The van der Waals surface area contributed by atoms with Gasteiger partial charge in [-0.15, -0.1) is 0 Å². The molecule has 1 saturated heterocycles. The van der Waals surface area contributed by atoms with Gasteiger partial charge in [-0.1, -0.05) is 39.7 Å². The van der Waals surface area contributed by atoms with Crippen LogP contribution in [0.4, 0.5) is 10.1 Å². The van der Waals surface area contributed by atoms with E-state index in [4.69, 9.17) is 0 Å². The Balaban J connectivity index is 1.52. The molecule has 0 spiro atoms. The average Bonchev–Trinajstić information content (AvgIpc) is 3.53. The van der Waals surface area contributed by atoms with Crippen LogP contribution in [-0.4, -0.2) is 88.5 Å². The molecule has 3 atom stereocenters. The van der Waals surface area contributed by atoms with Gasteiger partial charge in [-0.05, 0) is 62.4 Å². The van der Waals surface area contributed by atoms with E-state index in [1.807, 2.05) is 14.0 Å². The largest absolute Gasteiger partial charge is 0.344 e. The molecule has 0 bridgehead atoms. The summed E-state index contributed by atoms with van der Waals surface area (Å²) in [7, 11) is 2.00. The Morgan fingerprint density at radius 3 is 2.31 bits per heavy atom. The highest BCUT2D eigenvalue weighted by molar-refractivity contribution is 6.00. The zero-order valence-electron chi connectivity index (χ0n) is 27.1. The topological polar surface area (TPSA) is 129 Å². The first-order valence-corrected chi connectivity index (χ1v) is 16.2. The molecule has 246 valence electrons. The molecule has 1 aromatic carbocycles. The first-order valence-electron chi connectivity index (χ1n) is 16.2. The highest BCUT2D eigenvalue weighted by Crippen LogP contribution is 2.32. The molecule has 45 heavy (non-hydrogen) atoms. The third-order valence-corrected chi connectivity index (χ3v) is 9.35. The number of nitrogens with one attached hydrogen (secondary N) is 3. The van der Waals surface area contributed by atoms with Crippen LogP contribution in [0.2, 0.25) is 0 Å². The predicted molar refractivity (Wildman–Crippen MR) is 170 cm³/mol. The van der Waals surface area contributed by atoms with Crippen LogP contribution in [-0.2, 0) is 20.9 Å². The van der Waals surface area contributed by atoms with Crippen LogP contribution in [0.15, 0.2) is 30.5 Å². The number of rotatable bonds is 11. The lowest BCUT2D eigenvalue weighted by Gasteiger charge is -2.36. The SMILES string of the molecule is CCC(=O)NC(C(=O)N1CCN(C)CC1)C(C)c1ccc(NC(=O)C(NC(=O)c2ccnn2CC)C2CCC(C)CC2)c(F)c1. The van der Waals surface area contributed by atoms with Crippen molar-refractivity contribution < 1.29 is 23.6 Å². The Hall–Kier alpha value is -3.80. The Labute approximate surface area is 265 Å². The van der Waals surface area contributed by atoms with Crippen molar-refractivity contribution in [2.75, 3.05) is 38.5 Å². The number of benzene rings is 1. The summed E-state index contributed by atoms with van der Waals surface area (Å²) in [5.74, 6) is -2.06. The summed E-state index contributed by atoms with van der Waals surface area (Å²) in [5, 5.41) is 12.6. The first-order chi connectivity index (χ1) is 21.5. The lowest BCUT2D eigenvalue weighted by atomic mass is 9.79. The molecule has 12 heteroatoms. The third-order valence-electron chi connectivity index (χ3n) is 9.35. The Kier molecular flexibility index (Phi) is 11.7. The van der Waals surface area contributed by atoms with Crippen molar-refractivity contribution >= 4 is 29.3 Å². The second kappa shape index (κ2) is 15.5. The normalized spacial score (nSPS) is 21.0. The van der Waals surface area contributed by atoms with E-state index >= 15 is 4.39 Å². The van der Waals surface area contributed by atoms with Gasteiger partial charge in [-0.3, -0.25) is 23.9 Å². The molecule has 3 N–H and O–H groups in total. The van der Waals surface area contributed by atoms with Crippen LogP contribution in [0.5, 0.6) is 0 Å². The summed E-state index contributed by atoms with van der Waals surface area (Å²) in [4.78, 5) is 56.7. The maximum atomic E-state index is 15.6. The highest BCUT2D eigenvalue weighted by Gasteiger charge is 2.35. The van der Waals surface area contributed by atoms with Crippen LogP contribution >= 0.6 is 0 Å². The van der Waals surface area contributed by atoms with Gasteiger partial charge in [0.25, 0.3) is 5.91 Å². The number of piperazine rings is 1. The molecule has 2 aliphatic rings. The maximum absolute atomic E-state index is 15.6. The number of nitrogens with zero attached hydrogens (tertiary/aromatic N) is 4. The molecule has 2 fully saturated rings. The van der Waals surface area contributed by atoms with Crippen molar-refractivity contribution in [3.63, 3.8) is 0 Å². The van der Waals surface area contributed by atoms with E-state index in [1.165, 1.54) is 12.1 Å². The van der Waals surface area contributed by atoms with E-state index in [0.29, 0.717) is 36.8 Å². The zero-order valence-corrected chi connectivity index (χ0v) is 27.1. The summed E-state index contributed by atoms with van der Waals surface area (Å²) in [6.07, 6.45) is 5.21. The molecule has 0 radical (unpaired) electrons. The van der Waals surface area contributed by atoms with E-state index in [9.17, 15) is 19.2 Å². The van der Waals surface area contributed by atoms with Crippen LogP contribution in [0.3, 0.4) is 0 Å². The second-order valence-corrected chi connectivity index (χ2v) is 12.5. The minimum Gasteiger partial charge on any atom is -0.344 e. The Bertz CT molecular complexity index is 1350. The number of carbonyl (C=O) groups excluding carboxylic acids is 4. The minimum absolute atomic E-state index is 0.0162. The molecule has 2 aromatic rings. The number of halogens is 1. The van der Waals surface area contributed by atoms with Crippen molar-refractivity contribution in [1.29, 1.82) is 0 Å². The lowest BCUT2D eigenvalue weighted by molar-refractivity contribution is -0.138. The summed E-state index contributed by atoms with van der Waals surface area (Å²) in [6.45, 7) is 10.7. The first kappa shape index (κ1) is 34.1. The molecule has 3 unspecified atom stereocenters. The van der Waals surface area contributed by atoms with Gasteiger partial charge >= 0.3 is 0 Å². The van der Waals surface area contributed by atoms with Gasteiger partial charge in [0.1, 0.15) is 23.6 Å². The molecule has 1 aromatic heterocycles. The van der Waals surface area contributed by atoms with E-state index in [2.05, 4.69) is 32.9 Å². The van der Waals surface area contributed by atoms with Crippen molar-refractivity contribution in [3.05, 3.63) is 47.5 Å². The monoisotopic (exact) mass is 625 g/mol. The number of amides is 4. The molecule has 4 amide bonds. The lowest BCUT2D eigenvalue weighted by Crippen LogP contribution is -2.55. The minimum atomic E-state index is -0.856. The number of hydrogen-bond donors (Lipinski definition) is 3.